The fraction of sp³-hybridized carbons (Fsp3) is 0.600. The van der Waals surface area contributed by atoms with E-state index in [-0.39, 0.29) is 0 Å². The third-order valence-corrected chi connectivity index (χ3v) is 2.07. The molecule has 1 aromatic heterocycles. The molecule has 0 N–H and O–H groups in total. The maximum atomic E-state index is 4.46. The van der Waals surface area contributed by atoms with Crippen LogP contribution in [-0.2, 0) is 0 Å². The van der Waals surface area contributed by atoms with Gasteiger partial charge in [-0.1, -0.05) is 13.8 Å². The molecule has 0 unspecified atom stereocenters. The van der Waals surface area contributed by atoms with Gasteiger partial charge in [0.15, 0.2) is 0 Å². The Hall–Kier alpha value is -1.12. The molecule has 0 amide bonds. The van der Waals surface area contributed by atoms with Gasteiger partial charge in [0.25, 0.3) is 0 Å². The van der Waals surface area contributed by atoms with Crippen molar-refractivity contribution < 1.29 is 0 Å². The van der Waals surface area contributed by atoms with E-state index >= 15 is 0 Å². The number of rotatable bonds is 3. The molecule has 0 aliphatic heterocycles. The molecule has 0 spiro atoms. The summed E-state index contributed by atoms with van der Waals surface area (Å²) in [4.78, 5) is 10.7. The lowest BCUT2D eigenvalue weighted by molar-refractivity contribution is 0.796. The fourth-order valence-electron chi connectivity index (χ4n) is 1.01. The first-order valence-electron chi connectivity index (χ1n) is 4.69. The third kappa shape index (κ3) is 2.41. The van der Waals surface area contributed by atoms with Crippen LogP contribution in [0.2, 0.25) is 0 Å². The van der Waals surface area contributed by atoms with E-state index in [1.807, 2.05) is 24.2 Å². The van der Waals surface area contributed by atoms with Gasteiger partial charge in [0.05, 0.1) is 0 Å². The second-order valence-electron chi connectivity index (χ2n) is 3.45. The Labute approximate surface area is 79.8 Å². The van der Waals surface area contributed by atoms with E-state index in [0.29, 0.717) is 5.92 Å². The van der Waals surface area contributed by atoms with Gasteiger partial charge in [-0.15, -0.1) is 0 Å². The van der Waals surface area contributed by atoms with Gasteiger partial charge in [0, 0.05) is 25.5 Å². The lowest BCUT2D eigenvalue weighted by Crippen LogP contribution is -2.19. The summed E-state index contributed by atoms with van der Waals surface area (Å²) in [5, 5.41) is 0. The van der Waals surface area contributed by atoms with Gasteiger partial charge >= 0.3 is 0 Å². The Bertz CT molecular complexity index is 271. The molecule has 0 aliphatic rings. The first kappa shape index (κ1) is 9.96. The highest BCUT2D eigenvalue weighted by molar-refractivity contribution is 5.28. The topological polar surface area (TPSA) is 29.0 Å². The second-order valence-corrected chi connectivity index (χ2v) is 3.45. The molecule has 0 fully saturated rings. The Balaban J connectivity index is 2.91. The normalized spacial score (nSPS) is 10.5. The van der Waals surface area contributed by atoms with E-state index < -0.39 is 0 Å². The SMILES string of the molecule is CCN(C)c1nccc(C(C)C)n1. The molecule has 72 valence electrons. The molecule has 3 heteroatoms. The average molecular weight is 179 g/mol. The zero-order valence-electron chi connectivity index (χ0n) is 8.78. The first-order valence-corrected chi connectivity index (χ1v) is 4.69. The molecule has 1 aromatic rings. The van der Waals surface area contributed by atoms with Gasteiger partial charge in [-0.05, 0) is 18.9 Å². The van der Waals surface area contributed by atoms with Gasteiger partial charge in [-0.2, -0.15) is 0 Å². The highest BCUT2D eigenvalue weighted by Gasteiger charge is 2.05. The summed E-state index contributed by atoms with van der Waals surface area (Å²) in [6.07, 6.45) is 1.82. The summed E-state index contributed by atoms with van der Waals surface area (Å²) in [6.45, 7) is 7.29. The van der Waals surface area contributed by atoms with E-state index in [4.69, 9.17) is 0 Å². The van der Waals surface area contributed by atoms with Gasteiger partial charge in [0.2, 0.25) is 5.95 Å². The van der Waals surface area contributed by atoms with Crippen molar-refractivity contribution in [2.45, 2.75) is 26.7 Å². The van der Waals surface area contributed by atoms with Crippen molar-refractivity contribution in [1.82, 2.24) is 9.97 Å². The molecule has 0 aromatic carbocycles. The van der Waals surface area contributed by atoms with Crippen LogP contribution in [0.25, 0.3) is 0 Å². The Morgan fingerprint density at radius 1 is 1.46 bits per heavy atom. The Morgan fingerprint density at radius 2 is 2.15 bits per heavy atom. The smallest absolute Gasteiger partial charge is 0.225 e. The number of hydrogen-bond donors (Lipinski definition) is 0. The van der Waals surface area contributed by atoms with E-state index in [1.54, 1.807) is 0 Å². The maximum absolute atomic E-state index is 4.46. The predicted octanol–water partition coefficient (Wildman–Crippen LogP) is 2.06. The third-order valence-electron chi connectivity index (χ3n) is 2.07. The molecule has 1 heterocycles. The van der Waals surface area contributed by atoms with Crippen LogP contribution in [0.1, 0.15) is 32.4 Å². The van der Waals surface area contributed by atoms with Crippen molar-refractivity contribution >= 4 is 5.95 Å². The van der Waals surface area contributed by atoms with Crippen LogP contribution in [0.15, 0.2) is 12.3 Å². The standard InChI is InChI=1S/C10H17N3/c1-5-13(4)10-11-7-6-9(12-10)8(2)3/h6-8H,5H2,1-4H3. The van der Waals surface area contributed by atoms with E-state index in [2.05, 4.69) is 30.7 Å². The number of hydrogen-bond acceptors (Lipinski definition) is 3. The zero-order valence-corrected chi connectivity index (χ0v) is 8.78. The minimum Gasteiger partial charge on any atom is -0.344 e. The summed E-state index contributed by atoms with van der Waals surface area (Å²) in [7, 11) is 2.00. The van der Waals surface area contributed by atoms with Crippen LogP contribution in [0, 0.1) is 0 Å². The largest absolute Gasteiger partial charge is 0.344 e. The van der Waals surface area contributed by atoms with Crippen LogP contribution in [0.4, 0.5) is 5.95 Å². The summed E-state index contributed by atoms with van der Waals surface area (Å²) in [5.41, 5.74) is 1.10. The van der Waals surface area contributed by atoms with Crippen molar-refractivity contribution in [1.29, 1.82) is 0 Å². The monoisotopic (exact) mass is 179 g/mol. The molecule has 0 aliphatic carbocycles. The van der Waals surface area contributed by atoms with Crippen molar-refractivity contribution in [3.05, 3.63) is 18.0 Å². The lowest BCUT2D eigenvalue weighted by Gasteiger charge is -2.15. The molecule has 0 atom stereocenters. The first-order chi connectivity index (χ1) is 6.15. The van der Waals surface area contributed by atoms with Gasteiger partial charge in [-0.3, -0.25) is 0 Å². The van der Waals surface area contributed by atoms with Crippen LogP contribution >= 0.6 is 0 Å². The molecular formula is C10H17N3. The van der Waals surface area contributed by atoms with Crippen LogP contribution in [0.3, 0.4) is 0 Å². The van der Waals surface area contributed by atoms with Gasteiger partial charge < -0.3 is 4.90 Å². The van der Waals surface area contributed by atoms with Gasteiger partial charge in [-0.25, -0.2) is 9.97 Å². The predicted molar refractivity (Wildman–Crippen MR) is 55.1 cm³/mol. The minimum atomic E-state index is 0.465. The van der Waals surface area contributed by atoms with Crippen LogP contribution in [0.5, 0.6) is 0 Å². The Morgan fingerprint density at radius 3 is 2.69 bits per heavy atom. The fourth-order valence-corrected chi connectivity index (χ4v) is 1.01. The summed E-state index contributed by atoms with van der Waals surface area (Å²) in [5.74, 6) is 1.28. The van der Waals surface area contributed by atoms with Crippen molar-refractivity contribution in [3.8, 4) is 0 Å². The van der Waals surface area contributed by atoms with Crippen molar-refractivity contribution in [2.75, 3.05) is 18.5 Å². The van der Waals surface area contributed by atoms with Crippen LogP contribution in [-0.4, -0.2) is 23.6 Å². The molecule has 0 saturated heterocycles. The second kappa shape index (κ2) is 4.21. The quantitative estimate of drug-likeness (QED) is 0.711. The highest BCUT2D eigenvalue weighted by atomic mass is 15.2. The summed E-state index contributed by atoms with van der Waals surface area (Å²) >= 11 is 0. The zero-order chi connectivity index (χ0) is 9.84. The molecule has 3 nitrogen and oxygen atoms in total. The minimum absolute atomic E-state index is 0.465. The van der Waals surface area contributed by atoms with Crippen LogP contribution < -0.4 is 4.90 Å². The molecular weight excluding hydrogens is 162 g/mol. The lowest BCUT2D eigenvalue weighted by atomic mass is 10.1. The Kier molecular flexibility index (Phi) is 3.23. The number of anilines is 1. The van der Waals surface area contributed by atoms with E-state index in [1.165, 1.54) is 0 Å². The molecule has 13 heavy (non-hydrogen) atoms. The van der Waals surface area contributed by atoms with E-state index in [9.17, 15) is 0 Å². The van der Waals surface area contributed by atoms with Gasteiger partial charge in [0.1, 0.15) is 0 Å². The maximum Gasteiger partial charge on any atom is 0.225 e. The summed E-state index contributed by atoms with van der Waals surface area (Å²) < 4.78 is 0. The highest BCUT2D eigenvalue weighted by Crippen LogP contribution is 2.13. The average Bonchev–Trinajstić information content (AvgIpc) is 2.17. The van der Waals surface area contributed by atoms with Crippen molar-refractivity contribution in [2.24, 2.45) is 0 Å². The van der Waals surface area contributed by atoms with Crippen molar-refractivity contribution in [3.63, 3.8) is 0 Å². The number of nitrogens with zero attached hydrogens (tertiary/aromatic N) is 3. The van der Waals surface area contributed by atoms with E-state index in [0.717, 1.165) is 18.2 Å². The molecule has 0 bridgehead atoms. The molecule has 0 radical (unpaired) electrons. The number of aromatic nitrogens is 2. The summed E-state index contributed by atoms with van der Waals surface area (Å²) in [6, 6.07) is 1.97. The molecule has 1 rings (SSSR count). The molecule has 0 saturated carbocycles.